The zero-order valence-electron chi connectivity index (χ0n) is 36.2. The maximum absolute atomic E-state index is 12.3. The number of carboxylic acids is 1. The van der Waals surface area contributed by atoms with Gasteiger partial charge in [-0.05, 0) is 77.9 Å². The number of aromatic nitrogens is 4. The lowest BCUT2D eigenvalue weighted by molar-refractivity contribution is -0.139. The van der Waals surface area contributed by atoms with E-state index in [1.807, 2.05) is 96.1 Å². The van der Waals surface area contributed by atoms with Crippen LogP contribution in [0.2, 0.25) is 0 Å². The molecule has 13 heteroatoms. The van der Waals surface area contributed by atoms with Crippen LogP contribution in [0.3, 0.4) is 0 Å². The number of carbonyl (C=O) groups is 1. The number of H-pyrrole nitrogens is 1. The number of aliphatic carboxylic acids is 1. The van der Waals surface area contributed by atoms with Crippen LogP contribution in [0.15, 0.2) is 121 Å². The van der Waals surface area contributed by atoms with Gasteiger partial charge in [-0.15, -0.1) is 0 Å². The minimum Gasteiger partial charge on any atom is -0.508 e. The van der Waals surface area contributed by atoms with Gasteiger partial charge in [0.25, 0.3) is 5.56 Å². The number of nitrogens with one attached hydrogen (secondary N) is 4. The fourth-order valence-electron chi connectivity index (χ4n) is 7.57. The zero-order chi connectivity index (χ0) is 45.1. The van der Waals surface area contributed by atoms with Crippen LogP contribution < -0.4 is 32.0 Å². The van der Waals surface area contributed by atoms with Gasteiger partial charge in [-0.3, -0.25) is 9.78 Å². The highest BCUT2D eigenvalue weighted by molar-refractivity contribution is 5.84. The van der Waals surface area contributed by atoms with Crippen molar-refractivity contribution in [2.75, 3.05) is 16.4 Å². The van der Waals surface area contributed by atoms with E-state index in [9.17, 15) is 19.8 Å². The standard InChI is InChI=1S/C43H38N8O5.3C2H6/c1-23-20-43(33-6-4-5-7-36(33)56-37-19-30(52)14-16-34(37)43)32-15-13-28(18-31(23)32)47-24(2)8-17-35(41(54)55)48-25(3)26-9-11-27(12-10-26)45-21-29-22-46-39-38(49-29)40(53)51-42(44)50-39;3*1-2/h4-7,9-16,18-19,22,35,45,47-48,52H,1-3,8,17,20-21H2,(H,54,55)(H3,44,46,50,51,53);3*1-2H3. The monoisotopic (exact) mass is 836 g/mol. The maximum atomic E-state index is 12.3. The molecule has 13 nitrogen and oxygen atoms in total. The van der Waals surface area contributed by atoms with Crippen LogP contribution >= 0.6 is 0 Å². The fraction of sp³-hybridized carbons (Fsp3) is 0.245. The van der Waals surface area contributed by atoms with Crippen molar-refractivity contribution in [3.05, 3.63) is 160 Å². The molecule has 2 atom stereocenters. The molecule has 2 unspecified atom stereocenters. The number of para-hydroxylation sites is 1. The number of carboxylic acid groups (broad SMARTS) is 1. The first-order valence-electron chi connectivity index (χ1n) is 20.9. The van der Waals surface area contributed by atoms with Gasteiger partial charge >= 0.3 is 5.97 Å². The van der Waals surface area contributed by atoms with Crippen LogP contribution in [0.1, 0.15) is 94.3 Å². The van der Waals surface area contributed by atoms with E-state index in [4.69, 9.17) is 10.5 Å². The predicted octanol–water partition coefficient (Wildman–Crippen LogP) is 9.97. The van der Waals surface area contributed by atoms with Crippen molar-refractivity contribution >= 4 is 45.7 Å². The minimum absolute atomic E-state index is 0.0257. The number of phenolic OH excluding ortho intramolecular Hbond substituents is 1. The van der Waals surface area contributed by atoms with Crippen molar-refractivity contribution in [3.63, 3.8) is 0 Å². The molecule has 3 heterocycles. The summed E-state index contributed by atoms with van der Waals surface area (Å²) in [4.78, 5) is 39.4. The van der Waals surface area contributed by atoms with Crippen molar-refractivity contribution in [1.29, 1.82) is 0 Å². The van der Waals surface area contributed by atoms with Crippen LogP contribution in [-0.4, -0.2) is 42.2 Å². The summed E-state index contributed by atoms with van der Waals surface area (Å²) in [6, 6.07) is 25.8. The molecule has 322 valence electrons. The van der Waals surface area contributed by atoms with Crippen LogP contribution in [0.5, 0.6) is 17.2 Å². The van der Waals surface area contributed by atoms with Crippen molar-refractivity contribution < 1.29 is 19.7 Å². The van der Waals surface area contributed by atoms with Crippen molar-refractivity contribution in [2.45, 2.75) is 78.8 Å². The minimum atomic E-state index is -1.00. The summed E-state index contributed by atoms with van der Waals surface area (Å²) >= 11 is 0. The Kier molecular flexibility index (Phi) is 14.9. The SMILES string of the molecule is C=C(CCC(NC(=C)c1ccc(NCc2cnc3nc(N)[nH]c(=O)c3n2)cc1)C(=O)O)Nc1ccc2c(c1)C(=C)CC21c2ccccc2Oc2cc(O)ccc21.CC.CC.CC. The van der Waals surface area contributed by atoms with Crippen molar-refractivity contribution in [1.82, 2.24) is 25.3 Å². The number of anilines is 3. The van der Waals surface area contributed by atoms with E-state index in [1.165, 1.54) is 6.20 Å². The Morgan fingerprint density at radius 2 is 1.58 bits per heavy atom. The van der Waals surface area contributed by atoms with Gasteiger partial charge < -0.3 is 36.6 Å². The Hall–Kier alpha value is -7.41. The normalized spacial score (nSPS) is 14.4. The summed E-state index contributed by atoms with van der Waals surface area (Å²) in [7, 11) is 0. The molecule has 1 spiro atoms. The first-order chi connectivity index (χ1) is 30.0. The van der Waals surface area contributed by atoms with Gasteiger partial charge in [-0.25, -0.2) is 14.8 Å². The number of benzene rings is 4. The number of fused-ring (bicyclic) bond motifs is 7. The highest BCUT2D eigenvalue weighted by Gasteiger charge is 2.49. The molecule has 0 saturated heterocycles. The van der Waals surface area contributed by atoms with Gasteiger partial charge in [-0.2, -0.15) is 4.98 Å². The molecule has 0 bridgehead atoms. The fourth-order valence-corrected chi connectivity index (χ4v) is 7.57. The number of aromatic hydroxyl groups is 1. The van der Waals surface area contributed by atoms with Crippen molar-refractivity contribution in [2.24, 2.45) is 0 Å². The Morgan fingerprint density at radius 3 is 2.31 bits per heavy atom. The third-order valence-corrected chi connectivity index (χ3v) is 10.2. The summed E-state index contributed by atoms with van der Waals surface area (Å²) in [6.45, 7) is 25.0. The van der Waals surface area contributed by atoms with E-state index in [1.54, 1.807) is 12.1 Å². The second-order valence-corrected chi connectivity index (χ2v) is 13.9. The molecule has 8 N–H and O–H groups in total. The molecule has 2 aliphatic rings. The largest absolute Gasteiger partial charge is 0.508 e. The third kappa shape index (κ3) is 9.47. The Balaban J connectivity index is 0.00000116. The molecule has 1 aliphatic carbocycles. The third-order valence-electron chi connectivity index (χ3n) is 10.2. The Labute approximate surface area is 362 Å². The molecule has 4 aromatic carbocycles. The summed E-state index contributed by atoms with van der Waals surface area (Å²) in [5, 5.41) is 30.0. The molecule has 62 heavy (non-hydrogen) atoms. The molecule has 0 saturated carbocycles. The molecule has 0 fully saturated rings. The Morgan fingerprint density at radius 1 is 0.903 bits per heavy atom. The maximum Gasteiger partial charge on any atom is 0.326 e. The average molecular weight is 837 g/mol. The van der Waals surface area contributed by atoms with E-state index < -0.39 is 23.0 Å². The number of nitrogen functional groups attached to an aromatic ring is 1. The second kappa shape index (κ2) is 20.2. The average Bonchev–Trinajstić information content (AvgIpc) is 3.57. The number of nitrogens with two attached hydrogens (primary N) is 1. The molecular weight excluding hydrogens is 781 g/mol. The van der Waals surface area contributed by atoms with Crippen LogP contribution in [0, 0.1) is 0 Å². The number of hydrogen-bond donors (Lipinski definition) is 7. The number of allylic oxidation sites excluding steroid dienone is 2. The lowest BCUT2D eigenvalue weighted by atomic mass is 9.68. The van der Waals surface area contributed by atoms with E-state index in [0.29, 0.717) is 42.2 Å². The summed E-state index contributed by atoms with van der Waals surface area (Å²) < 4.78 is 6.24. The smallest absolute Gasteiger partial charge is 0.326 e. The topological polar surface area (TPSA) is 200 Å². The highest BCUT2D eigenvalue weighted by atomic mass is 16.5. The number of nitrogens with zero attached hydrogens (tertiary/aromatic N) is 3. The number of phenols is 1. The van der Waals surface area contributed by atoms with E-state index in [-0.39, 0.29) is 29.3 Å². The summed E-state index contributed by atoms with van der Waals surface area (Å²) in [5.74, 6) is 0.470. The number of ether oxygens (including phenoxy) is 1. The van der Waals surface area contributed by atoms with Gasteiger partial charge in [0.05, 0.1) is 23.9 Å². The number of aromatic amines is 1. The van der Waals surface area contributed by atoms with Crippen LogP contribution in [-0.2, 0) is 16.8 Å². The van der Waals surface area contributed by atoms with Crippen LogP contribution in [0.4, 0.5) is 17.3 Å². The molecule has 8 rings (SSSR count). The molecule has 0 amide bonds. The molecule has 2 aromatic heterocycles. The quantitative estimate of drug-likeness (QED) is 0.0616. The zero-order valence-corrected chi connectivity index (χ0v) is 36.2. The number of rotatable bonds is 12. The van der Waals surface area contributed by atoms with Crippen LogP contribution in [0.25, 0.3) is 22.4 Å². The highest BCUT2D eigenvalue weighted by Crippen LogP contribution is 2.60. The molecule has 6 aromatic rings. The van der Waals surface area contributed by atoms with Gasteiger partial charge in [-0.1, -0.05) is 104 Å². The first-order valence-corrected chi connectivity index (χ1v) is 20.9. The van der Waals surface area contributed by atoms with Gasteiger partial charge in [0.2, 0.25) is 5.95 Å². The predicted molar refractivity (Wildman–Crippen MR) is 250 cm³/mol. The van der Waals surface area contributed by atoms with Gasteiger partial charge in [0, 0.05) is 40.0 Å². The summed E-state index contributed by atoms with van der Waals surface area (Å²) in [6.07, 6.45) is 2.82. The van der Waals surface area contributed by atoms with E-state index in [0.717, 1.165) is 50.5 Å². The lowest BCUT2D eigenvalue weighted by Crippen LogP contribution is -2.35. The Bertz CT molecular complexity index is 2660. The molecule has 0 radical (unpaired) electrons. The van der Waals surface area contributed by atoms with E-state index >= 15 is 0 Å². The van der Waals surface area contributed by atoms with E-state index in [2.05, 4.69) is 73.8 Å². The summed E-state index contributed by atoms with van der Waals surface area (Å²) in [5.41, 5.74) is 13.9. The second-order valence-electron chi connectivity index (χ2n) is 13.9. The van der Waals surface area contributed by atoms with Gasteiger partial charge in [0.1, 0.15) is 23.3 Å². The van der Waals surface area contributed by atoms with Gasteiger partial charge in [0.15, 0.2) is 11.2 Å². The van der Waals surface area contributed by atoms with Crippen molar-refractivity contribution in [3.8, 4) is 17.2 Å². The first kappa shape index (κ1) is 45.7. The molecular formula is C49H56N8O5. The molecule has 1 aliphatic heterocycles. The lowest BCUT2D eigenvalue weighted by Gasteiger charge is -2.38. The number of hydrogen-bond acceptors (Lipinski definition) is 11.